The molecule has 1 aliphatic rings. The van der Waals surface area contributed by atoms with Gasteiger partial charge in [-0.1, -0.05) is 13.8 Å². The number of piperidine rings is 1. The lowest BCUT2D eigenvalue weighted by Crippen LogP contribution is -2.32. The fourth-order valence-electron chi connectivity index (χ4n) is 2.96. The van der Waals surface area contributed by atoms with Crippen LogP contribution in [-0.4, -0.2) is 24.0 Å². The average Bonchev–Trinajstić information content (AvgIpc) is 2.64. The highest BCUT2D eigenvalue weighted by Crippen LogP contribution is 2.25. The van der Waals surface area contributed by atoms with E-state index in [0.717, 1.165) is 30.5 Å². The summed E-state index contributed by atoms with van der Waals surface area (Å²) < 4.78 is 0. The first-order valence-corrected chi connectivity index (χ1v) is 9.02. The minimum Gasteiger partial charge on any atom is -0.372 e. The quantitative estimate of drug-likeness (QED) is 0.848. The van der Waals surface area contributed by atoms with Crippen molar-refractivity contribution >= 4 is 28.8 Å². The van der Waals surface area contributed by atoms with Crippen LogP contribution in [0.3, 0.4) is 0 Å². The normalized spacial score (nSPS) is 15.0. The van der Waals surface area contributed by atoms with Crippen molar-refractivity contribution in [1.82, 2.24) is 4.98 Å². The molecule has 1 amide bonds. The Hall–Kier alpha value is -2.56. The maximum atomic E-state index is 11.4. The second-order valence-corrected chi connectivity index (χ2v) is 6.68. The van der Waals surface area contributed by atoms with Gasteiger partial charge in [-0.2, -0.15) is 0 Å². The van der Waals surface area contributed by atoms with Crippen LogP contribution in [0.1, 0.15) is 33.1 Å². The summed E-state index contributed by atoms with van der Waals surface area (Å²) in [7, 11) is 0. The van der Waals surface area contributed by atoms with Gasteiger partial charge in [0.05, 0.1) is 11.9 Å². The Bertz CT molecular complexity index is 689. The Labute approximate surface area is 149 Å². The summed E-state index contributed by atoms with van der Waals surface area (Å²) in [6, 6.07) is 12.2. The van der Waals surface area contributed by atoms with E-state index in [1.165, 1.54) is 18.5 Å². The van der Waals surface area contributed by atoms with Crippen molar-refractivity contribution < 1.29 is 4.79 Å². The number of nitrogens with one attached hydrogen (secondary N) is 2. The molecule has 0 bridgehead atoms. The zero-order chi connectivity index (χ0) is 17.6. The molecule has 1 aliphatic heterocycles. The van der Waals surface area contributed by atoms with Crippen molar-refractivity contribution in [3.05, 3.63) is 42.6 Å². The molecule has 0 aliphatic carbocycles. The molecular formula is C20H26N4O. The number of hydrogen-bond donors (Lipinski definition) is 2. The number of carbonyl (C=O) groups excluding carboxylic acids is 1. The Morgan fingerprint density at radius 2 is 1.80 bits per heavy atom. The Balaban J connectivity index is 1.58. The first-order chi connectivity index (χ1) is 12.1. The number of anilines is 4. The second-order valence-electron chi connectivity index (χ2n) is 6.68. The summed E-state index contributed by atoms with van der Waals surface area (Å²) >= 11 is 0. The van der Waals surface area contributed by atoms with Gasteiger partial charge in [0.15, 0.2) is 0 Å². The molecule has 1 saturated heterocycles. The molecule has 5 nitrogen and oxygen atoms in total. The minimum absolute atomic E-state index is 0.00907. The monoisotopic (exact) mass is 338 g/mol. The molecule has 132 valence electrons. The zero-order valence-corrected chi connectivity index (χ0v) is 15.0. The summed E-state index contributed by atoms with van der Waals surface area (Å²) in [4.78, 5) is 18.2. The van der Waals surface area contributed by atoms with Gasteiger partial charge in [0, 0.05) is 30.9 Å². The molecule has 25 heavy (non-hydrogen) atoms. The third kappa shape index (κ3) is 4.72. The third-order valence-electron chi connectivity index (χ3n) is 4.66. The van der Waals surface area contributed by atoms with Crippen LogP contribution in [0, 0.1) is 5.92 Å². The predicted octanol–water partition coefficient (Wildman–Crippen LogP) is 4.41. The van der Waals surface area contributed by atoms with Crippen LogP contribution >= 0.6 is 0 Å². The van der Waals surface area contributed by atoms with Gasteiger partial charge in [0.25, 0.3) is 0 Å². The van der Waals surface area contributed by atoms with E-state index in [1.54, 1.807) is 6.20 Å². The molecule has 1 aromatic heterocycles. The van der Waals surface area contributed by atoms with Crippen molar-refractivity contribution in [2.45, 2.75) is 33.1 Å². The van der Waals surface area contributed by atoms with Crippen LogP contribution in [0.15, 0.2) is 42.6 Å². The van der Waals surface area contributed by atoms with Crippen LogP contribution < -0.4 is 15.5 Å². The highest BCUT2D eigenvalue weighted by atomic mass is 16.1. The molecule has 5 heteroatoms. The van der Waals surface area contributed by atoms with Gasteiger partial charge in [0.1, 0.15) is 5.82 Å². The zero-order valence-electron chi connectivity index (χ0n) is 15.0. The van der Waals surface area contributed by atoms with Crippen molar-refractivity contribution in [2.75, 3.05) is 28.6 Å². The number of amides is 1. The fourth-order valence-corrected chi connectivity index (χ4v) is 2.96. The lowest BCUT2D eigenvalue weighted by molar-refractivity contribution is -0.115. The molecule has 0 atom stereocenters. The first kappa shape index (κ1) is 17.3. The number of carbonyl (C=O) groups is 1. The highest BCUT2D eigenvalue weighted by Gasteiger charge is 2.15. The van der Waals surface area contributed by atoms with Crippen LogP contribution in [0.5, 0.6) is 0 Å². The molecule has 0 saturated carbocycles. The number of nitrogens with zero attached hydrogens (tertiary/aromatic N) is 2. The highest BCUT2D eigenvalue weighted by molar-refractivity contribution is 5.90. The summed E-state index contributed by atoms with van der Waals surface area (Å²) in [5, 5.41) is 6.09. The van der Waals surface area contributed by atoms with E-state index in [-0.39, 0.29) is 5.91 Å². The van der Waals surface area contributed by atoms with E-state index in [1.807, 2.05) is 19.1 Å². The lowest BCUT2D eigenvalue weighted by atomic mass is 9.99. The molecule has 1 fully saturated rings. The van der Waals surface area contributed by atoms with Gasteiger partial charge in [-0.25, -0.2) is 4.98 Å². The smallest absolute Gasteiger partial charge is 0.224 e. The number of rotatable bonds is 5. The largest absolute Gasteiger partial charge is 0.372 e. The first-order valence-electron chi connectivity index (χ1n) is 9.02. The molecule has 0 radical (unpaired) electrons. The third-order valence-corrected chi connectivity index (χ3v) is 4.66. The predicted molar refractivity (Wildman–Crippen MR) is 103 cm³/mol. The molecule has 0 spiro atoms. The fraction of sp³-hybridized carbons (Fsp3) is 0.400. The van der Waals surface area contributed by atoms with Crippen molar-refractivity contribution in [3.8, 4) is 0 Å². The van der Waals surface area contributed by atoms with Gasteiger partial charge in [-0.15, -0.1) is 0 Å². The molecule has 3 rings (SSSR count). The SMILES string of the molecule is CCC(=O)Nc1ccc(Nc2ccc(N3CCC(C)CC3)cc2)nc1. The van der Waals surface area contributed by atoms with E-state index in [4.69, 9.17) is 0 Å². The second kappa shape index (κ2) is 8.01. The Morgan fingerprint density at radius 3 is 2.40 bits per heavy atom. The minimum atomic E-state index is -0.00907. The molecule has 0 unspecified atom stereocenters. The maximum absolute atomic E-state index is 11.4. The van der Waals surface area contributed by atoms with Crippen LogP contribution in [-0.2, 0) is 4.79 Å². The van der Waals surface area contributed by atoms with Gasteiger partial charge >= 0.3 is 0 Å². The molecule has 2 heterocycles. The van der Waals surface area contributed by atoms with E-state index in [2.05, 4.69) is 51.7 Å². The number of hydrogen-bond acceptors (Lipinski definition) is 4. The number of aromatic nitrogens is 1. The topological polar surface area (TPSA) is 57.3 Å². The standard InChI is InChI=1S/C20H26N4O/c1-3-20(25)23-17-6-9-19(21-14-17)22-16-4-7-18(8-5-16)24-12-10-15(2)11-13-24/h4-9,14-15H,3,10-13H2,1-2H3,(H,21,22)(H,23,25). The van der Waals surface area contributed by atoms with Gasteiger partial charge in [0.2, 0.25) is 5.91 Å². The summed E-state index contributed by atoms with van der Waals surface area (Å²) in [6.45, 7) is 6.43. The van der Waals surface area contributed by atoms with Crippen LogP contribution in [0.2, 0.25) is 0 Å². The number of benzene rings is 1. The van der Waals surface area contributed by atoms with Crippen LogP contribution in [0.25, 0.3) is 0 Å². The van der Waals surface area contributed by atoms with E-state index >= 15 is 0 Å². The van der Waals surface area contributed by atoms with Gasteiger partial charge < -0.3 is 15.5 Å². The summed E-state index contributed by atoms with van der Waals surface area (Å²) in [6.07, 6.45) is 4.66. The number of pyridine rings is 1. The van der Waals surface area contributed by atoms with E-state index < -0.39 is 0 Å². The summed E-state index contributed by atoms with van der Waals surface area (Å²) in [5.74, 6) is 1.59. The van der Waals surface area contributed by atoms with Crippen LogP contribution in [0.4, 0.5) is 22.9 Å². The molecule has 2 aromatic rings. The van der Waals surface area contributed by atoms with Crippen molar-refractivity contribution in [3.63, 3.8) is 0 Å². The molecular weight excluding hydrogens is 312 g/mol. The molecule has 2 N–H and O–H groups in total. The van der Waals surface area contributed by atoms with Crippen molar-refractivity contribution in [1.29, 1.82) is 0 Å². The van der Waals surface area contributed by atoms with E-state index in [0.29, 0.717) is 12.1 Å². The maximum Gasteiger partial charge on any atom is 0.224 e. The average molecular weight is 338 g/mol. The Kier molecular flexibility index (Phi) is 5.53. The Morgan fingerprint density at radius 1 is 1.12 bits per heavy atom. The summed E-state index contributed by atoms with van der Waals surface area (Å²) in [5.41, 5.74) is 3.00. The molecule has 1 aromatic carbocycles. The van der Waals surface area contributed by atoms with E-state index in [9.17, 15) is 4.79 Å². The lowest BCUT2D eigenvalue weighted by Gasteiger charge is -2.32. The van der Waals surface area contributed by atoms with Crippen molar-refractivity contribution in [2.24, 2.45) is 5.92 Å². The van der Waals surface area contributed by atoms with Gasteiger partial charge in [-0.3, -0.25) is 4.79 Å². The van der Waals surface area contributed by atoms with Gasteiger partial charge in [-0.05, 0) is 55.2 Å².